The number of amides is 1. The highest BCUT2D eigenvalue weighted by Gasteiger charge is 2.33. The summed E-state index contributed by atoms with van der Waals surface area (Å²) in [5.41, 5.74) is 0.0221. The van der Waals surface area contributed by atoms with E-state index in [9.17, 15) is 14.0 Å². The van der Waals surface area contributed by atoms with Crippen molar-refractivity contribution >= 4 is 27.8 Å². The van der Waals surface area contributed by atoms with Gasteiger partial charge in [-0.25, -0.2) is 4.39 Å². The Bertz CT molecular complexity index is 549. The molecule has 1 aromatic rings. The van der Waals surface area contributed by atoms with Crippen molar-refractivity contribution in [3.8, 4) is 0 Å². The Labute approximate surface area is 124 Å². The van der Waals surface area contributed by atoms with Crippen molar-refractivity contribution in [1.29, 1.82) is 0 Å². The summed E-state index contributed by atoms with van der Waals surface area (Å²) in [6, 6.07) is 4.10. The lowest BCUT2D eigenvalue weighted by Gasteiger charge is -2.36. The van der Waals surface area contributed by atoms with Crippen LogP contribution >= 0.6 is 15.9 Å². The lowest BCUT2D eigenvalue weighted by Crippen LogP contribution is -2.46. The molecule has 1 aliphatic rings. The molecular formula is C14H15BrFNO3. The van der Waals surface area contributed by atoms with E-state index < -0.39 is 17.7 Å². The minimum Gasteiger partial charge on any atom is -0.481 e. The molecule has 1 aromatic carbocycles. The number of nitrogens with zero attached hydrogens (tertiary/aromatic N) is 1. The molecule has 1 heterocycles. The zero-order chi connectivity index (χ0) is 14.9. The van der Waals surface area contributed by atoms with Gasteiger partial charge in [0.1, 0.15) is 5.82 Å². The molecule has 6 heteroatoms. The minimum absolute atomic E-state index is 0.0221. The quantitative estimate of drug-likeness (QED) is 0.898. The maximum Gasteiger partial charge on any atom is 0.306 e. The van der Waals surface area contributed by atoms with E-state index in [0.29, 0.717) is 23.9 Å². The summed E-state index contributed by atoms with van der Waals surface area (Å²) in [6.07, 6.45) is 0.808. The van der Waals surface area contributed by atoms with Crippen LogP contribution in [0.5, 0.6) is 0 Å². The number of benzene rings is 1. The third kappa shape index (κ3) is 3.00. The molecule has 2 atom stereocenters. The Morgan fingerprint density at radius 3 is 2.70 bits per heavy atom. The zero-order valence-electron chi connectivity index (χ0n) is 11.0. The summed E-state index contributed by atoms with van der Waals surface area (Å²) in [6.45, 7) is 2.14. The Morgan fingerprint density at radius 1 is 1.45 bits per heavy atom. The van der Waals surface area contributed by atoms with Crippen LogP contribution in [0.2, 0.25) is 0 Å². The number of rotatable bonds is 2. The second-order valence-electron chi connectivity index (χ2n) is 5.03. The van der Waals surface area contributed by atoms with Crippen molar-refractivity contribution in [1.82, 2.24) is 4.90 Å². The Hall–Kier alpha value is -1.43. The maximum atomic E-state index is 13.8. The van der Waals surface area contributed by atoms with E-state index in [-0.39, 0.29) is 17.5 Å². The monoisotopic (exact) mass is 343 g/mol. The average Bonchev–Trinajstić information content (AvgIpc) is 2.37. The van der Waals surface area contributed by atoms with Gasteiger partial charge in [0.05, 0.1) is 11.5 Å². The SMILES string of the molecule is CC1CC(C(=O)O)CCN1C(=O)c1ccc(Br)cc1F. The summed E-state index contributed by atoms with van der Waals surface area (Å²) in [4.78, 5) is 24.9. The highest BCUT2D eigenvalue weighted by molar-refractivity contribution is 9.10. The van der Waals surface area contributed by atoms with Crippen LogP contribution in [-0.2, 0) is 4.79 Å². The van der Waals surface area contributed by atoms with Crippen molar-refractivity contribution in [3.05, 3.63) is 34.1 Å². The molecule has 0 bridgehead atoms. The number of carbonyl (C=O) groups excluding carboxylic acids is 1. The van der Waals surface area contributed by atoms with Crippen LogP contribution in [0.4, 0.5) is 4.39 Å². The molecule has 2 rings (SSSR count). The largest absolute Gasteiger partial charge is 0.481 e. The van der Waals surface area contributed by atoms with Gasteiger partial charge >= 0.3 is 5.97 Å². The summed E-state index contributed by atoms with van der Waals surface area (Å²) >= 11 is 3.15. The topological polar surface area (TPSA) is 57.6 Å². The van der Waals surface area contributed by atoms with E-state index in [1.54, 1.807) is 17.9 Å². The van der Waals surface area contributed by atoms with Gasteiger partial charge in [-0.3, -0.25) is 9.59 Å². The molecule has 0 saturated carbocycles. The van der Waals surface area contributed by atoms with Gasteiger partial charge in [-0.1, -0.05) is 15.9 Å². The fourth-order valence-corrected chi connectivity index (χ4v) is 2.85. The standard InChI is InChI=1S/C14H15BrFNO3/c1-8-6-9(14(19)20)4-5-17(8)13(18)11-3-2-10(15)7-12(11)16/h2-3,7-9H,4-6H2,1H3,(H,19,20). The van der Waals surface area contributed by atoms with Crippen molar-refractivity contribution in [2.24, 2.45) is 5.92 Å². The first-order chi connectivity index (χ1) is 9.40. The first-order valence-corrected chi connectivity index (χ1v) is 7.18. The van der Waals surface area contributed by atoms with Crippen LogP contribution in [0.25, 0.3) is 0 Å². The molecule has 1 saturated heterocycles. The lowest BCUT2D eigenvalue weighted by molar-refractivity contribution is -0.143. The maximum absolute atomic E-state index is 13.8. The number of likely N-dealkylation sites (tertiary alicyclic amines) is 1. The predicted molar refractivity (Wildman–Crippen MR) is 75.0 cm³/mol. The highest BCUT2D eigenvalue weighted by Crippen LogP contribution is 2.26. The van der Waals surface area contributed by atoms with Crippen LogP contribution in [-0.4, -0.2) is 34.5 Å². The average molecular weight is 344 g/mol. The molecule has 1 aliphatic heterocycles. The Balaban J connectivity index is 2.16. The van der Waals surface area contributed by atoms with Crippen LogP contribution in [0.1, 0.15) is 30.1 Å². The number of halogens is 2. The van der Waals surface area contributed by atoms with Crippen molar-refractivity contribution in [2.75, 3.05) is 6.54 Å². The van der Waals surface area contributed by atoms with Crippen molar-refractivity contribution < 1.29 is 19.1 Å². The van der Waals surface area contributed by atoms with Crippen LogP contribution < -0.4 is 0 Å². The minimum atomic E-state index is -0.834. The molecule has 0 spiro atoms. The molecule has 1 N–H and O–H groups in total. The van der Waals surface area contributed by atoms with Crippen molar-refractivity contribution in [2.45, 2.75) is 25.8 Å². The van der Waals surface area contributed by atoms with Gasteiger partial charge in [0, 0.05) is 17.1 Å². The lowest BCUT2D eigenvalue weighted by atomic mass is 9.91. The molecule has 1 fully saturated rings. The van der Waals surface area contributed by atoms with Gasteiger partial charge in [-0.05, 0) is 38.0 Å². The number of hydrogen-bond donors (Lipinski definition) is 1. The van der Waals surface area contributed by atoms with Gasteiger partial charge in [0.25, 0.3) is 5.91 Å². The first-order valence-electron chi connectivity index (χ1n) is 6.39. The molecule has 20 heavy (non-hydrogen) atoms. The molecule has 4 nitrogen and oxygen atoms in total. The normalized spacial score (nSPS) is 22.6. The third-order valence-corrected chi connectivity index (χ3v) is 4.14. The van der Waals surface area contributed by atoms with Gasteiger partial charge < -0.3 is 10.0 Å². The van der Waals surface area contributed by atoms with Crippen molar-refractivity contribution in [3.63, 3.8) is 0 Å². The summed E-state index contributed by atoms with van der Waals surface area (Å²) in [5, 5.41) is 9.00. The number of carboxylic acid groups (broad SMARTS) is 1. The van der Waals surface area contributed by atoms with E-state index in [0.717, 1.165) is 0 Å². The molecule has 2 unspecified atom stereocenters. The Kier molecular flexibility index (Phi) is 4.42. The fraction of sp³-hybridized carbons (Fsp3) is 0.429. The van der Waals surface area contributed by atoms with Crippen LogP contribution in [0.3, 0.4) is 0 Å². The van der Waals surface area contributed by atoms with E-state index in [2.05, 4.69) is 15.9 Å². The summed E-state index contributed by atoms with van der Waals surface area (Å²) in [7, 11) is 0. The second kappa shape index (κ2) is 5.91. The fourth-order valence-electron chi connectivity index (χ4n) is 2.52. The summed E-state index contributed by atoms with van der Waals surface area (Å²) < 4.78 is 14.4. The van der Waals surface area contributed by atoms with E-state index >= 15 is 0 Å². The van der Waals surface area contributed by atoms with E-state index in [1.165, 1.54) is 12.1 Å². The smallest absolute Gasteiger partial charge is 0.306 e. The molecule has 108 valence electrons. The molecule has 1 amide bonds. The van der Waals surface area contributed by atoms with Crippen LogP contribution in [0.15, 0.2) is 22.7 Å². The predicted octanol–water partition coefficient (Wildman–Crippen LogP) is 2.91. The first kappa shape index (κ1) is 15.0. The second-order valence-corrected chi connectivity index (χ2v) is 5.95. The van der Waals surface area contributed by atoms with Gasteiger partial charge in [0.15, 0.2) is 0 Å². The molecule has 0 aliphatic carbocycles. The Morgan fingerprint density at radius 2 is 2.15 bits per heavy atom. The molecule has 0 radical (unpaired) electrons. The highest BCUT2D eigenvalue weighted by atomic mass is 79.9. The zero-order valence-corrected chi connectivity index (χ0v) is 12.6. The van der Waals surface area contributed by atoms with Crippen LogP contribution in [0, 0.1) is 11.7 Å². The number of carboxylic acids is 1. The van der Waals surface area contributed by atoms with E-state index in [4.69, 9.17) is 5.11 Å². The van der Waals surface area contributed by atoms with E-state index in [1.807, 2.05) is 0 Å². The number of carbonyl (C=O) groups is 2. The van der Waals surface area contributed by atoms with Gasteiger partial charge in [-0.15, -0.1) is 0 Å². The summed E-state index contributed by atoms with van der Waals surface area (Å²) in [5.74, 6) is -2.22. The van der Waals surface area contributed by atoms with Gasteiger partial charge in [-0.2, -0.15) is 0 Å². The molecule has 0 aromatic heterocycles. The molecular weight excluding hydrogens is 329 g/mol. The number of aliphatic carboxylic acids is 1. The van der Waals surface area contributed by atoms with Gasteiger partial charge in [0.2, 0.25) is 0 Å². The third-order valence-electron chi connectivity index (χ3n) is 3.65. The number of hydrogen-bond acceptors (Lipinski definition) is 2. The number of piperidine rings is 1.